The third kappa shape index (κ3) is 4.74. The Bertz CT molecular complexity index is 549. The molecule has 1 fully saturated rings. The molecular formula is C17H22F2N2O2. The Morgan fingerprint density at radius 3 is 2.22 bits per heavy atom. The van der Waals surface area contributed by atoms with Crippen LogP contribution in [0.4, 0.5) is 14.5 Å². The molecule has 6 heteroatoms. The quantitative estimate of drug-likeness (QED) is 0.862. The minimum Gasteiger partial charge on any atom is -0.331 e. The summed E-state index contributed by atoms with van der Waals surface area (Å²) in [6, 6.07) is 3.40. The van der Waals surface area contributed by atoms with Gasteiger partial charge in [0.2, 0.25) is 11.8 Å². The van der Waals surface area contributed by atoms with Crippen molar-refractivity contribution in [2.24, 2.45) is 0 Å². The number of halogens is 2. The average molecular weight is 324 g/mol. The lowest BCUT2D eigenvalue weighted by Gasteiger charge is -2.29. The molecule has 0 saturated heterocycles. The topological polar surface area (TPSA) is 49.4 Å². The minimum absolute atomic E-state index is 0.0196. The molecule has 0 aliphatic heterocycles. The maximum absolute atomic E-state index is 13.6. The SMILES string of the molecule is CC(=O)N(CC(=O)Nc1c(F)cccc1F)C1CCCCCC1. The van der Waals surface area contributed by atoms with E-state index in [2.05, 4.69) is 5.32 Å². The van der Waals surface area contributed by atoms with E-state index in [0.717, 1.165) is 50.7 Å². The fraction of sp³-hybridized carbons (Fsp3) is 0.529. The zero-order valence-corrected chi connectivity index (χ0v) is 13.3. The normalized spacial score (nSPS) is 15.8. The van der Waals surface area contributed by atoms with Crippen LogP contribution in [-0.4, -0.2) is 29.3 Å². The number of nitrogens with zero attached hydrogens (tertiary/aromatic N) is 1. The molecule has 1 saturated carbocycles. The largest absolute Gasteiger partial charge is 0.331 e. The van der Waals surface area contributed by atoms with Gasteiger partial charge in [-0.15, -0.1) is 0 Å². The molecule has 2 rings (SSSR count). The molecule has 1 aromatic rings. The van der Waals surface area contributed by atoms with Crippen LogP contribution in [0.25, 0.3) is 0 Å². The Hall–Kier alpha value is -1.98. The Morgan fingerprint density at radius 2 is 1.70 bits per heavy atom. The second-order valence-corrected chi connectivity index (χ2v) is 5.94. The van der Waals surface area contributed by atoms with Gasteiger partial charge in [-0.3, -0.25) is 9.59 Å². The number of carbonyl (C=O) groups excluding carboxylic acids is 2. The number of benzene rings is 1. The van der Waals surface area contributed by atoms with Crippen LogP contribution in [-0.2, 0) is 9.59 Å². The van der Waals surface area contributed by atoms with Gasteiger partial charge in [0.05, 0.1) is 0 Å². The highest BCUT2D eigenvalue weighted by atomic mass is 19.1. The summed E-state index contributed by atoms with van der Waals surface area (Å²) in [7, 11) is 0. The second kappa shape index (κ2) is 8.04. The van der Waals surface area contributed by atoms with E-state index in [-0.39, 0.29) is 18.5 Å². The van der Waals surface area contributed by atoms with E-state index < -0.39 is 23.2 Å². The maximum atomic E-state index is 13.6. The number of hydrogen-bond acceptors (Lipinski definition) is 2. The van der Waals surface area contributed by atoms with Crippen LogP contribution in [0.2, 0.25) is 0 Å². The monoisotopic (exact) mass is 324 g/mol. The minimum atomic E-state index is -0.831. The van der Waals surface area contributed by atoms with Gasteiger partial charge in [-0.2, -0.15) is 0 Å². The summed E-state index contributed by atoms with van der Waals surface area (Å²) in [6.45, 7) is 1.23. The van der Waals surface area contributed by atoms with Crippen molar-refractivity contribution in [1.82, 2.24) is 4.90 Å². The third-order valence-electron chi connectivity index (χ3n) is 4.21. The van der Waals surface area contributed by atoms with E-state index in [1.165, 1.54) is 17.9 Å². The summed E-state index contributed by atoms with van der Waals surface area (Å²) >= 11 is 0. The molecule has 126 valence electrons. The van der Waals surface area contributed by atoms with Gasteiger partial charge in [-0.1, -0.05) is 31.7 Å². The first-order valence-corrected chi connectivity index (χ1v) is 8.00. The van der Waals surface area contributed by atoms with Crippen LogP contribution >= 0.6 is 0 Å². The molecule has 0 radical (unpaired) electrons. The van der Waals surface area contributed by atoms with Crippen LogP contribution in [0.3, 0.4) is 0 Å². The fourth-order valence-electron chi connectivity index (χ4n) is 3.02. The van der Waals surface area contributed by atoms with E-state index in [1.54, 1.807) is 0 Å². The summed E-state index contributed by atoms with van der Waals surface area (Å²) in [5.74, 6) is -2.45. The zero-order chi connectivity index (χ0) is 16.8. The van der Waals surface area contributed by atoms with Crippen LogP contribution < -0.4 is 5.32 Å². The highest BCUT2D eigenvalue weighted by Gasteiger charge is 2.25. The number of anilines is 1. The van der Waals surface area contributed by atoms with Gasteiger partial charge in [0.15, 0.2) is 0 Å². The van der Waals surface area contributed by atoms with Crippen molar-refractivity contribution < 1.29 is 18.4 Å². The van der Waals surface area contributed by atoms with Crippen LogP contribution in [0, 0.1) is 11.6 Å². The molecule has 0 bridgehead atoms. The molecule has 1 N–H and O–H groups in total. The molecule has 4 nitrogen and oxygen atoms in total. The molecule has 0 aromatic heterocycles. The predicted octanol–water partition coefficient (Wildman–Crippen LogP) is 3.47. The van der Waals surface area contributed by atoms with E-state index >= 15 is 0 Å². The molecule has 0 unspecified atom stereocenters. The molecular weight excluding hydrogens is 302 g/mol. The highest BCUT2D eigenvalue weighted by Crippen LogP contribution is 2.23. The Morgan fingerprint density at radius 1 is 1.13 bits per heavy atom. The number of rotatable bonds is 4. The maximum Gasteiger partial charge on any atom is 0.244 e. The first kappa shape index (κ1) is 17.4. The van der Waals surface area contributed by atoms with Gasteiger partial charge < -0.3 is 10.2 Å². The number of hydrogen-bond donors (Lipinski definition) is 1. The second-order valence-electron chi connectivity index (χ2n) is 5.94. The molecule has 1 aromatic carbocycles. The lowest BCUT2D eigenvalue weighted by atomic mass is 10.1. The van der Waals surface area contributed by atoms with Crippen LogP contribution in [0.15, 0.2) is 18.2 Å². The van der Waals surface area contributed by atoms with E-state index in [9.17, 15) is 18.4 Å². The van der Waals surface area contributed by atoms with E-state index in [1.807, 2.05) is 0 Å². The van der Waals surface area contributed by atoms with Crippen molar-refractivity contribution in [1.29, 1.82) is 0 Å². The lowest BCUT2D eigenvalue weighted by Crippen LogP contribution is -2.43. The van der Waals surface area contributed by atoms with E-state index in [0.29, 0.717) is 0 Å². The summed E-state index contributed by atoms with van der Waals surface area (Å²) < 4.78 is 27.2. The Labute approximate surface area is 134 Å². The fourth-order valence-corrected chi connectivity index (χ4v) is 3.02. The highest BCUT2D eigenvalue weighted by molar-refractivity contribution is 5.94. The third-order valence-corrected chi connectivity index (χ3v) is 4.21. The van der Waals surface area contributed by atoms with Crippen molar-refractivity contribution in [2.75, 3.05) is 11.9 Å². The standard InChI is InChI=1S/C17H22F2N2O2/c1-12(22)21(13-7-4-2-3-5-8-13)11-16(23)20-17-14(18)9-6-10-15(17)19/h6,9-10,13H,2-5,7-8,11H2,1H3,(H,20,23). The molecule has 1 aliphatic carbocycles. The summed E-state index contributed by atoms with van der Waals surface area (Å²) in [5.41, 5.74) is -0.470. The van der Waals surface area contributed by atoms with Gasteiger partial charge >= 0.3 is 0 Å². The van der Waals surface area contributed by atoms with Crippen LogP contribution in [0.1, 0.15) is 45.4 Å². The smallest absolute Gasteiger partial charge is 0.244 e. The number of nitrogens with one attached hydrogen (secondary N) is 1. The van der Waals surface area contributed by atoms with Crippen molar-refractivity contribution in [3.05, 3.63) is 29.8 Å². The Kier molecular flexibility index (Phi) is 6.07. The summed E-state index contributed by atoms with van der Waals surface area (Å²) in [5, 5.41) is 2.24. The Balaban J connectivity index is 2.04. The molecule has 0 spiro atoms. The number of amides is 2. The van der Waals surface area contributed by atoms with E-state index in [4.69, 9.17) is 0 Å². The summed E-state index contributed by atoms with van der Waals surface area (Å²) in [4.78, 5) is 25.5. The number of carbonyl (C=O) groups is 2. The van der Waals surface area contributed by atoms with Gasteiger partial charge in [-0.25, -0.2) is 8.78 Å². The van der Waals surface area contributed by atoms with Gasteiger partial charge in [0.25, 0.3) is 0 Å². The molecule has 1 aliphatic rings. The van der Waals surface area contributed by atoms with Crippen LogP contribution in [0.5, 0.6) is 0 Å². The predicted molar refractivity (Wildman–Crippen MR) is 83.9 cm³/mol. The zero-order valence-electron chi connectivity index (χ0n) is 13.3. The van der Waals surface area contributed by atoms with Gasteiger partial charge in [0.1, 0.15) is 23.9 Å². The molecule has 2 amide bonds. The average Bonchev–Trinajstić information content (AvgIpc) is 2.77. The van der Waals surface area contributed by atoms with Crippen molar-refractivity contribution in [2.45, 2.75) is 51.5 Å². The first-order chi connectivity index (χ1) is 11.0. The van der Waals surface area contributed by atoms with Crippen molar-refractivity contribution in [3.63, 3.8) is 0 Å². The molecule has 0 atom stereocenters. The summed E-state index contributed by atoms with van der Waals surface area (Å²) in [6.07, 6.45) is 6.04. The van der Waals surface area contributed by atoms with Gasteiger partial charge in [0, 0.05) is 13.0 Å². The number of para-hydroxylation sites is 1. The van der Waals surface area contributed by atoms with Crippen molar-refractivity contribution >= 4 is 17.5 Å². The molecule has 0 heterocycles. The molecule has 23 heavy (non-hydrogen) atoms. The van der Waals surface area contributed by atoms with Crippen molar-refractivity contribution in [3.8, 4) is 0 Å². The lowest BCUT2D eigenvalue weighted by molar-refractivity contribution is -0.135. The first-order valence-electron chi connectivity index (χ1n) is 8.00. The van der Waals surface area contributed by atoms with Gasteiger partial charge in [-0.05, 0) is 25.0 Å².